The number of nitrogens with zero attached hydrogens (tertiary/aromatic N) is 2. The maximum atomic E-state index is 4.54. The van der Waals surface area contributed by atoms with Crippen LogP contribution in [0.1, 0.15) is 39.2 Å². The fourth-order valence-corrected chi connectivity index (χ4v) is 4.71. The summed E-state index contributed by atoms with van der Waals surface area (Å²) in [4.78, 5) is 7.14. The first kappa shape index (κ1) is 22.9. The van der Waals surface area contributed by atoms with Crippen molar-refractivity contribution in [2.45, 2.75) is 40.0 Å². The number of hydrogen-bond acceptors (Lipinski definition) is 2. The lowest BCUT2D eigenvalue weighted by atomic mass is 9.73. The second-order valence-corrected chi connectivity index (χ2v) is 8.08. The van der Waals surface area contributed by atoms with Crippen LogP contribution < -0.4 is 0 Å². The van der Waals surface area contributed by atoms with Crippen LogP contribution in [-0.2, 0) is 6.42 Å². The van der Waals surface area contributed by atoms with Crippen molar-refractivity contribution >= 4 is 10.9 Å². The Hall–Kier alpha value is -2.37. The highest BCUT2D eigenvalue weighted by Gasteiger charge is 2.32. The molecule has 1 saturated heterocycles. The number of piperidine rings is 1. The first-order chi connectivity index (χ1) is 14.2. The largest absolute Gasteiger partial charge is 0.299 e. The third kappa shape index (κ3) is 5.81. The molecule has 2 heteroatoms. The molecule has 3 atom stereocenters. The summed E-state index contributed by atoms with van der Waals surface area (Å²) < 4.78 is 0. The van der Waals surface area contributed by atoms with Crippen LogP contribution in [0.5, 0.6) is 0 Å². The Morgan fingerprint density at radius 1 is 1.31 bits per heavy atom. The van der Waals surface area contributed by atoms with E-state index in [9.17, 15) is 0 Å². The molecule has 0 bridgehead atoms. The molecular weight excluding hydrogens is 352 g/mol. The fraction of sp³-hybridized carbons (Fsp3) is 0.444. The van der Waals surface area contributed by atoms with Gasteiger partial charge in [0, 0.05) is 24.7 Å². The smallest absolute Gasteiger partial charge is 0.0704 e. The van der Waals surface area contributed by atoms with Crippen molar-refractivity contribution in [3.05, 3.63) is 66.4 Å². The summed E-state index contributed by atoms with van der Waals surface area (Å²) in [6.07, 6.45) is 18.1. The van der Waals surface area contributed by atoms with E-state index in [2.05, 4.69) is 92.6 Å². The highest BCUT2D eigenvalue weighted by atomic mass is 15.1. The van der Waals surface area contributed by atoms with Crippen LogP contribution in [-0.4, -0.2) is 29.5 Å². The van der Waals surface area contributed by atoms with Crippen LogP contribution in [0.25, 0.3) is 10.9 Å². The molecule has 1 aromatic carbocycles. The maximum Gasteiger partial charge on any atom is 0.0704 e. The summed E-state index contributed by atoms with van der Waals surface area (Å²) in [5, 5.41) is 1.31. The Morgan fingerprint density at radius 2 is 2.07 bits per heavy atom. The van der Waals surface area contributed by atoms with E-state index < -0.39 is 0 Å². The normalized spacial score (nSPS) is 21.2. The molecular formula is C27H36N2. The van der Waals surface area contributed by atoms with Crippen molar-refractivity contribution in [1.29, 1.82) is 0 Å². The third-order valence-corrected chi connectivity index (χ3v) is 6.42. The van der Waals surface area contributed by atoms with Gasteiger partial charge in [-0.2, -0.15) is 0 Å². The topological polar surface area (TPSA) is 16.1 Å². The molecule has 0 radical (unpaired) electrons. The van der Waals surface area contributed by atoms with Crippen LogP contribution in [0.4, 0.5) is 0 Å². The van der Waals surface area contributed by atoms with Gasteiger partial charge in [-0.3, -0.25) is 9.88 Å². The van der Waals surface area contributed by atoms with Gasteiger partial charge < -0.3 is 0 Å². The molecule has 3 unspecified atom stereocenters. The van der Waals surface area contributed by atoms with Crippen LogP contribution in [0.3, 0.4) is 0 Å². The number of likely N-dealkylation sites (tertiary alicyclic amines) is 1. The molecule has 1 fully saturated rings. The first-order valence-electron chi connectivity index (χ1n) is 10.8. The number of terminal acetylenes is 1. The molecule has 1 aliphatic heterocycles. The van der Waals surface area contributed by atoms with E-state index in [4.69, 9.17) is 0 Å². The van der Waals surface area contributed by atoms with Gasteiger partial charge in [0.15, 0.2) is 0 Å². The standard InChI is InChI=1S/C25H34N2.C2H2/c1-5-19(4)17-27-15-13-23(21(7-3)18-27)20(6-2)16-22-12-14-26-25-11-9-8-10-24(22)25;1-2/h5,7-12,14,20-21,23H,3,6,13,15-18H2,1-2,4H3;1-2H/b19-5+;. The molecule has 0 N–H and O–H groups in total. The van der Waals surface area contributed by atoms with Crippen molar-refractivity contribution in [2.24, 2.45) is 17.8 Å². The summed E-state index contributed by atoms with van der Waals surface area (Å²) in [6.45, 7) is 14.4. The van der Waals surface area contributed by atoms with Gasteiger partial charge in [-0.25, -0.2) is 0 Å². The number of para-hydroxylation sites is 1. The van der Waals surface area contributed by atoms with E-state index in [0.717, 1.165) is 30.9 Å². The lowest BCUT2D eigenvalue weighted by molar-refractivity contribution is 0.111. The van der Waals surface area contributed by atoms with Crippen molar-refractivity contribution in [1.82, 2.24) is 9.88 Å². The van der Waals surface area contributed by atoms with Gasteiger partial charge >= 0.3 is 0 Å². The average molecular weight is 389 g/mol. The Labute approximate surface area is 177 Å². The third-order valence-electron chi connectivity index (χ3n) is 6.42. The quantitative estimate of drug-likeness (QED) is 0.418. The monoisotopic (exact) mass is 388 g/mol. The van der Waals surface area contributed by atoms with Gasteiger partial charge in [-0.05, 0) is 68.7 Å². The van der Waals surface area contributed by atoms with Crippen molar-refractivity contribution in [3.8, 4) is 12.8 Å². The molecule has 2 aromatic rings. The number of benzene rings is 1. The molecule has 29 heavy (non-hydrogen) atoms. The molecule has 0 amide bonds. The van der Waals surface area contributed by atoms with E-state index in [0.29, 0.717) is 11.8 Å². The zero-order chi connectivity index (χ0) is 21.2. The van der Waals surface area contributed by atoms with Crippen LogP contribution in [0, 0.1) is 30.6 Å². The van der Waals surface area contributed by atoms with Crippen LogP contribution >= 0.6 is 0 Å². The van der Waals surface area contributed by atoms with E-state index in [1.165, 1.54) is 35.9 Å². The van der Waals surface area contributed by atoms with Crippen LogP contribution in [0.2, 0.25) is 0 Å². The van der Waals surface area contributed by atoms with Crippen molar-refractivity contribution in [3.63, 3.8) is 0 Å². The molecule has 154 valence electrons. The predicted molar refractivity (Wildman–Crippen MR) is 127 cm³/mol. The summed E-state index contributed by atoms with van der Waals surface area (Å²) in [5.41, 5.74) is 4.02. The average Bonchev–Trinajstić information content (AvgIpc) is 2.78. The van der Waals surface area contributed by atoms with Crippen molar-refractivity contribution < 1.29 is 0 Å². The van der Waals surface area contributed by atoms with Gasteiger partial charge in [0.1, 0.15) is 0 Å². The molecule has 0 saturated carbocycles. The Morgan fingerprint density at radius 3 is 2.76 bits per heavy atom. The molecule has 1 aromatic heterocycles. The molecule has 0 spiro atoms. The molecule has 1 aliphatic rings. The molecule has 2 heterocycles. The number of fused-ring (bicyclic) bond motifs is 1. The second kappa shape index (κ2) is 11.6. The van der Waals surface area contributed by atoms with E-state index >= 15 is 0 Å². The van der Waals surface area contributed by atoms with E-state index in [1.54, 1.807) is 0 Å². The van der Waals surface area contributed by atoms with Gasteiger partial charge in [-0.15, -0.1) is 19.4 Å². The van der Waals surface area contributed by atoms with E-state index in [-0.39, 0.29) is 0 Å². The highest BCUT2D eigenvalue weighted by Crippen LogP contribution is 2.36. The Balaban J connectivity index is 0.00000145. The van der Waals surface area contributed by atoms with Crippen LogP contribution in [0.15, 0.2) is 60.8 Å². The lowest BCUT2D eigenvalue weighted by Crippen LogP contribution is -2.43. The molecule has 0 aliphatic carbocycles. The minimum atomic E-state index is 0.585. The predicted octanol–water partition coefficient (Wildman–Crippen LogP) is 6.14. The molecule has 2 nitrogen and oxygen atoms in total. The van der Waals surface area contributed by atoms with Crippen molar-refractivity contribution in [2.75, 3.05) is 19.6 Å². The minimum absolute atomic E-state index is 0.585. The molecule has 3 rings (SSSR count). The van der Waals surface area contributed by atoms with Gasteiger partial charge in [0.25, 0.3) is 0 Å². The van der Waals surface area contributed by atoms with Gasteiger partial charge in [-0.1, -0.05) is 49.3 Å². The SMILES string of the molecule is C#C.C=CC1CN(C/C(C)=C/C)CCC1C(CC)Cc1ccnc2ccccc12. The summed E-state index contributed by atoms with van der Waals surface area (Å²) in [5.74, 6) is 2.01. The Kier molecular flexibility index (Phi) is 9.16. The maximum absolute atomic E-state index is 4.54. The minimum Gasteiger partial charge on any atom is -0.299 e. The Bertz CT molecular complexity index is 827. The summed E-state index contributed by atoms with van der Waals surface area (Å²) >= 11 is 0. The summed E-state index contributed by atoms with van der Waals surface area (Å²) in [7, 11) is 0. The number of rotatable bonds is 7. The number of aromatic nitrogens is 1. The lowest BCUT2D eigenvalue weighted by Gasteiger charge is -2.41. The first-order valence-corrected chi connectivity index (χ1v) is 10.8. The fourth-order valence-electron chi connectivity index (χ4n) is 4.71. The van der Waals surface area contributed by atoms with Gasteiger partial charge in [0.05, 0.1) is 5.52 Å². The zero-order valence-electron chi connectivity index (χ0n) is 18.3. The summed E-state index contributed by atoms with van der Waals surface area (Å²) in [6, 6.07) is 10.8. The number of pyridine rings is 1. The number of hydrogen-bond donors (Lipinski definition) is 0. The number of allylic oxidation sites excluding steroid dienone is 1. The zero-order valence-corrected chi connectivity index (χ0v) is 18.3. The highest BCUT2D eigenvalue weighted by molar-refractivity contribution is 5.81. The second-order valence-electron chi connectivity index (χ2n) is 8.08. The van der Waals surface area contributed by atoms with E-state index in [1.807, 2.05) is 6.20 Å². The van der Waals surface area contributed by atoms with Gasteiger partial charge in [0.2, 0.25) is 0 Å².